The van der Waals surface area contributed by atoms with Crippen LogP contribution in [0.25, 0.3) is 0 Å². The van der Waals surface area contributed by atoms with Gasteiger partial charge in [0.15, 0.2) is 0 Å². The van der Waals surface area contributed by atoms with E-state index >= 15 is 0 Å². The highest BCUT2D eigenvalue weighted by Gasteiger charge is 2.28. The zero-order valence-corrected chi connectivity index (χ0v) is 10.2. The minimum absolute atomic E-state index is 0.495. The molecule has 1 fully saturated rings. The molecule has 2 heterocycles. The molecule has 1 atom stereocenters. The minimum atomic E-state index is 0.495. The smallest absolute Gasteiger partial charge is 0.0351 e. The molecule has 1 unspecified atom stereocenters. The van der Waals surface area contributed by atoms with E-state index in [-0.39, 0.29) is 0 Å². The summed E-state index contributed by atoms with van der Waals surface area (Å²) in [5.41, 5.74) is 1.37. The van der Waals surface area contributed by atoms with Gasteiger partial charge in [-0.15, -0.1) is 0 Å². The summed E-state index contributed by atoms with van der Waals surface area (Å²) >= 11 is 0. The number of aromatic nitrogens is 1. The van der Waals surface area contributed by atoms with Gasteiger partial charge in [-0.2, -0.15) is 0 Å². The van der Waals surface area contributed by atoms with Gasteiger partial charge >= 0.3 is 0 Å². The van der Waals surface area contributed by atoms with E-state index in [4.69, 9.17) is 0 Å². The second-order valence-corrected chi connectivity index (χ2v) is 4.51. The third kappa shape index (κ3) is 2.42. The lowest BCUT2D eigenvalue weighted by molar-refractivity contribution is 0.103. The van der Waals surface area contributed by atoms with Crippen molar-refractivity contribution in [3.8, 4) is 0 Å². The molecular formula is C13H21N3. The summed E-state index contributed by atoms with van der Waals surface area (Å²) in [7, 11) is 0. The van der Waals surface area contributed by atoms with Gasteiger partial charge in [0.1, 0.15) is 0 Å². The van der Waals surface area contributed by atoms with E-state index in [0.29, 0.717) is 12.1 Å². The lowest BCUT2D eigenvalue weighted by atomic mass is 10.0. The lowest BCUT2D eigenvalue weighted by Gasteiger charge is -2.42. The Morgan fingerprint density at radius 1 is 1.44 bits per heavy atom. The minimum Gasteiger partial charge on any atom is -0.314 e. The molecule has 16 heavy (non-hydrogen) atoms. The van der Waals surface area contributed by atoms with E-state index in [0.717, 1.165) is 13.1 Å². The van der Waals surface area contributed by atoms with Crippen LogP contribution in [0.5, 0.6) is 0 Å². The zero-order valence-electron chi connectivity index (χ0n) is 10.2. The van der Waals surface area contributed by atoms with Crippen LogP contribution in [-0.2, 0) is 0 Å². The quantitative estimate of drug-likeness (QED) is 0.819. The number of nitrogens with zero attached hydrogens (tertiary/aromatic N) is 2. The van der Waals surface area contributed by atoms with Crippen molar-refractivity contribution in [3.05, 3.63) is 30.1 Å². The van der Waals surface area contributed by atoms with Crippen LogP contribution >= 0.6 is 0 Å². The Bertz CT molecular complexity index is 308. The van der Waals surface area contributed by atoms with Crippen molar-refractivity contribution in [2.45, 2.75) is 32.4 Å². The zero-order chi connectivity index (χ0) is 11.4. The highest BCUT2D eigenvalue weighted by atomic mass is 15.2. The van der Waals surface area contributed by atoms with Gasteiger partial charge in [0.05, 0.1) is 0 Å². The highest BCUT2D eigenvalue weighted by Crippen LogP contribution is 2.23. The molecule has 0 aromatic carbocycles. The molecule has 0 radical (unpaired) electrons. The van der Waals surface area contributed by atoms with Gasteiger partial charge < -0.3 is 5.32 Å². The first-order valence-electron chi connectivity index (χ1n) is 6.19. The first-order chi connectivity index (χ1) is 7.83. The van der Waals surface area contributed by atoms with Crippen molar-refractivity contribution < 1.29 is 0 Å². The van der Waals surface area contributed by atoms with Crippen LogP contribution in [0.15, 0.2) is 24.5 Å². The maximum atomic E-state index is 4.08. The van der Waals surface area contributed by atoms with Gasteiger partial charge in [0, 0.05) is 37.6 Å². The van der Waals surface area contributed by atoms with Crippen LogP contribution in [-0.4, -0.2) is 35.6 Å². The molecular weight excluding hydrogens is 198 g/mol. The maximum Gasteiger partial charge on any atom is 0.0351 e. The van der Waals surface area contributed by atoms with Gasteiger partial charge in [0.25, 0.3) is 0 Å². The number of nitrogens with one attached hydrogen (secondary N) is 1. The molecule has 88 valence electrons. The first-order valence-corrected chi connectivity index (χ1v) is 6.19. The van der Waals surface area contributed by atoms with Crippen LogP contribution in [0.2, 0.25) is 0 Å². The summed E-state index contributed by atoms with van der Waals surface area (Å²) in [4.78, 5) is 6.68. The van der Waals surface area contributed by atoms with Crippen LogP contribution < -0.4 is 5.32 Å². The van der Waals surface area contributed by atoms with Crippen LogP contribution in [0.4, 0.5) is 0 Å². The Kier molecular flexibility index (Phi) is 3.91. The fourth-order valence-electron chi connectivity index (χ4n) is 2.29. The molecule has 1 aromatic rings. The fraction of sp³-hybridized carbons (Fsp3) is 0.615. The average molecular weight is 219 g/mol. The molecule has 0 bridgehead atoms. The SMILES string of the molecule is CCCN(C1CNC1)C(C)c1ccncc1. The molecule has 0 spiro atoms. The van der Waals surface area contributed by atoms with Gasteiger partial charge in [0.2, 0.25) is 0 Å². The third-order valence-corrected chi connectivity index (χ3v) is 3.40. The Labute approximate surface area is 97.9 Å². The van der Waals surface area contributed by atoms with E-state index in [9.17, 15) is 0 Å². The van der Waals surface area contributed by atoms with E-state index in [1.54, 1.807) is 0 Å². The summed E-state index contributed by atoms with van der Waals surface area (Å²) in [6.07, 6.45) is 4.98. The van der Waals surface area contributed by atoms with Crippen molar-refractivity contribution in [3.63, 3.8) is 0 Å². The van der Waals surface area contributed by atoms with Crippen LogP contribution in [0.1, 0.15) is 31.9 Å². The van der Waals surface area contributed by atoms with Gasteiger partial charge in [-0.1, -0.05) is 6.92 Å². The van der Waals surface area contributed by atoms with Crippen molar-refractivity contribution in [1.29, 1.82) is 0 Å². The highest BCUT2D eigenvalue weighted by molar-refractivity contribution is 5.15. The average Bonchev–Trinajstić information content (AvgIpc) is 2.26. The van der Waals surface area contributed by atoms with Crippen molar-refractivity contribution in [2.24, 2.45) is 0 Å². The molecule has 0 aliphatic carbocycles. The van der Waals surface area contributed by atoms with Gasteiger partial charge in [-0.05, 0) is 37.6 Å². The molecule has 1 aromatic heterocycles. The Balaban J connectivity index is 2.07. The summed E-state index contributed by atoms with van der Waals surface area (Å²) in [5.74, 6) is 0. The normalized spacial score (nSPS) is 18.4. The Morgan fingerprint density at radius 3 is 2.62 bits per heavy atom. The summed E-state index contributed by atoms with van der Waals surface area (Å²) in [6, 6.07) is 5.46. The Morgan fingerprint density at radius 2 is 2.12 bits per heavy atom. The van der Waals surface area contributed by atoms with Crippen LogP contribution in [0, 0.1) is 0 Å². The molecule has 2 rings (SSSR count). The topological polar surface area (TPSA) is 28.2 Å². The molecule has 0 amide bonds. The molecule has 1 aliphatic heterocycles. The first kappa shape index (κ1) is 11.6. The fourth-order valence-corrected chi connectivity index (χ4v) is 2.29. The predicted molar refractivity (Wildman–Crippen MR) is 66.3 cm³/mol. The molecule has 3 heteroatoms. The molecule has 0 saturated carbocycles. The summed E-state index contributed by atoms with van der Waals surface area (Å²) < 4.78 is 0. The van der Waals surface area contributed by atoms with Crippen molar-refractivity contribution in [2.75, 3.05) is 19.6 Å². The van der Waals surface area contributed by atoms with Gasteiger partial charge in [-0.25, -0.2) is 0 Å². The molecule has 3 nitrogen and oxygen atoms in total. The monoisotopic (exact) mass is 219 g/mol. The predicted octanol–water partition coefficient (Wildman–Crippen LogP) is 1.83. The largest absolute Gasteiger partial charge is 0.314 e. The number of hydrogen-bond acceptors (Lipinski definition) is 3. The summed E-state index contributed by atoms with van der Waals surface area (Å²) in [5, 5.41) is 3.35. The van der Waals surface area contributed by atoms with Crippen molar-refractivity contribution >= 4 is 0 Å². The Hall–Kier alpha value is -0.930. The summed E-state index contributed by atoms with van der Waals surface area (Å²) in [6.45, 7) is 7.99. The van der Waals surface area contributed by atoms with Gasteiger partial charge in [-0.3, -0.25) is 9.88 Å². The standard InChI is InChI=1S/C13H21N3/c1-3-8-16(13-9-15-10-13)11(2)12-4-6-14-7-5-12/h4-7,11,13,15H,3,8-10H2,1-2H3. The molecule has 1 aliphatic rings. The maximum absolute atomic E-state index is 4.08. The lowest BCUT2D eigenvalue weighted by Crippen LogP contribution is -2.57. The number of rotatable bonds is 5. The van der Waals surface area contributed by atoms with E-state index < -0.39 is 0 Å². The van der Waals surface area contributed by atoms with E-state index in [1.165, 1.54) is 18.5 Å². The van der Waals surface area contributed by atoms with Crippen molar-refractivity contribution in [1.82, 2.24) is 15.2 Å². The van der Waals surface area contributed by atoms with Crippen LogP contribution in [0.3, 0.4) is 0 Å². The molecule has 1 saturated heterocycles. The molecule has 1 N–H and O–H groups in total. The van der Waals surface area contributed by atoms with E-state index in [2.05, 4.69) is 41.2 Å². The second-order valence-electron chi connectivity index (χ2n) is 4.51. The second kappa shape index (κ2) is 5.41. The third-order valence-electron chi connectivity index (χ3n) is 3.40. The number of hydrogen-bond donors (Lipinski definition) is 1. The number of pyridine rings is 1. The van der Waals surface area contributed by atoms with E-state index in [1.807, 2.05) is 12.4 Å².